The molecule has 0 spiro atoms. The second kappa shape index (κ2) is 6.41. The van der Waals surface area contributed by atoms with E-state index in [1.165, 1.54) is 12.8 Å². The van der Waals surface area contributed by atoms with E-state index >= 15 is 0 Å². The Kier molecular flexibility index (Phi) is 3.96. The van der Waals surface area contributed by atoms with Crippen LogP contribution in [0.15, 0.2) is 47.1 Å². The molecule has 1 aromatic carbocycles. The largest absolute Gasteiger partial charge is 0.356 e. The highest BCUT2D eigenvalue weighted by Gasteiger charge is 2.21. The molecule has 3 aromatic rings. The number of nitrogens with two attached hydrogens (primary N) is 1. The fraction of sp³-hybridized carbons (Fsp3) is 0.278. The molecule has 1 aliphatic rings. The zero-order chi connectivity index (χ0) is 16.4. The number of nitrogens with zero attached hydrogens (tertiary/aromatic N) is 4. The summed E-state index contributed by atoms with van der Waals surface area (Å²) in [6.07, 6.45) is 4.19. The van der Waals surface area contributed by atoms with Crippen LogP contribution in [0.2, 0.25) is 0 Å². The Morgan fingerprint density at radius 3 is 2.62 bits per heavy atom. The van der Waals surface area contributed by atoms with Crippen LogP contribution < -0.4 is 10.6 Å². The first kappa shape index (κ1) is 14.8. The van der Waals surface area contributed by atoms with E-state index in [2.05, 4.69) is 20.0 Å². The van der Waals surface area contributed by atoms with Crippen LogP contribution in [-0.4, -0.2) is 28.2 Å². The quantitative estimate of drug-likeness (QED) is 0.796. The fourth-order valence-electron chi connectivity index (χ4n) is 2.98. The molecule has 6 nitrogen and oxygen atoms in total. The van der Waals surface area contributed by atoms with Gasteiger partial charge in [0.1, 0.15) is 5.82 Å². The van der Waals surface area contributed by atoms with Gasteiger partial charge in [-0.3, -0.25) is 0 Å². The van der Waals surface area contributed by atoms with E-state index in [1.807, 2.05) is 36.4 Å². The summed E-state index contributed by atoms with van der Waals surface area (Å²) in [4.78, 5) is 11.4. The van der Waals surface area contributed by atoms with Gasteiger partial charge in [0.05, 0.1) is 5.56 Å². The smallest absolute Gasteiger partial charge is 0.261 e. The van der Waals surface area contributed by atoms with E-state index in [4.69, 9.17) is 10.3 Å². The van der Waals surface area contributed by atoms with Crippen molar-refractivity contribution in [2.75, 3.05) is 18.0 Å². The number of anilines is 1. The number of hydrogen-bond donors (Lipinski definition) is 1. The third kappa shape index (κ3) is 2.76. The summed E-state index contributed by atoms with van der Waals surface area (Å²) in [6, 6.07) is 11.8. The van der Waals surface area contributed by atoms with Crippen molar-refractivity contribution in [2.45, 2.75) is 19.4 Å². The Bertz CT molecular complexity index is 821. The van der Waals surface area contributed by atoms with Crippen LogP contribution >= 0.6 is 0 Å². The molecule has 1 aliphatic heterocycles. The van der Waals surface area contributed by atoms with Crippen molar-refractivity contribution in [2.24, 2.45) is 5.73 Å². The summed E-state index contributed by atoms with van der Waals surface area (Å²) in [5.41, 5.74) is 8.51. The molecule has 2 aromatic heterocycles. The van der Waals surface area contributed by atoms with Crippen molar-refractivity contribution in [3.8, 4) is 22.8 Å². The number of aromatic nitrogens is 3. The minimum Gasteiger partial charge on any atom is -0.356 e. The van der Waals surface area contributed by atoms with Gasteiger partial charge in [-0.05, 0) is 30.5 Å². The molecule has 0 saturated carbocycles. The molecule has 0 amide bonds. The van der Waals surface area contributed by atoms with Gasteiger partial charge in [0, 0.05) is 31.4 Å². The van der Waals surface area contributed by atoms with Gasteiger partial charge in [-0.2, -0.15) is 4.98 Å². The third-order valence-electron chi connectivity index (χ3n) is 4.30. The number of benzene rings is 1. The van der Waals surface area contributed by atoms with Gasteiger partial charge in [-0.15, -0.1) is 0 Å². The topological polar surface area (TPSA) is 81.1 Å². The van der Waals surface area contributed by atoms with Crippen LogP contribution in [0.5, 0.6) is 0 Å². The Morgan fingerprint density at radius 2 is 1.88 bits per heavy atom. The van der Waals surface area contributed by atoms with E-state index < -0.39 is 0 Å². The summed E-state index contributed by atoms with van der Waals surface area (Å²) in [5.74, 6) is 2.00. The molecule has 4 rings (SSSR count). The molecular weight excluding hydrogens is 302 g/mol. The van der Waals surface area contributed by atoms with Gasteiger partial charge in [0.2, 0.25) is 5.82 Å². The number of rotatable bonds is 4. The first-order valence-electron chi connectivity index (χ1n) is 8.18. The van der Waals surface area contributed by atoms with Crippen molar-refractivity contribution in [3.05, 3.63) is 48.2 Å². The molecule has 6 heteroatoms. The van der Waals surface area contributed by atoms with Gasteiger partial charge in [-0.1, -0.05) is 29.4 Å². The monoisotopic (exact) mass is 321 g/mol. The van der Waals surface area contributed by atoms with Crippen molar-refractivity contribution < 1.29 is 4.52 Å². The maximum absolute atomic E-state index is 5.63. The van der Waals surface area contributed by atoms with E-state index in [0.29, 0.717) is 18.3 Å². The predicted octanol–water partition coefficient (Wildman–Crippen LogP) is 2.86. The zero-order valence-corrected chi connectivity index (χ0v) is 13.4. The molecule has 122 valence electrons. The normalized spacial score (nSPS) is 14.3. The lowest BCUT2D eigenvalue weighted by Crippen LogP contribution is -2.19. The average molecular weight is 321 g/mol. The molecule has 2 N–H and O–H groups in total. The van der Waals surface area contributed by atoms with Crippen LogP contribution in [0.3, 0.4) is 0 Å². The van der Waals surface area contributed by atoms with Crippen molar-refractivity contribution in [1.29, 1.82) is 0 Å². The number of hydrogen-bond acceptors (Lipinski definition) is 6. The second-order valence-electron chi connectivity index (χ2n) is 5.89. The Hall–Kier alpha value is -2.73. The van der Waals surface area contributed by atoms with Gasteiger partial charge in [0.15, 0.2) is 0 Å². The van der Waals surface area contributed by atoms with Gasteiger partial charge < -0.3 is 15.2 Å². The molecule has 0 aliphatic carbocycles. The minimum atomic E-state index is 0.503. The molecule has 0 atom stereocenters. The molecule has 0 radical (unpaired) electrons. The SMILES string of the molecule is NCc1ccc(-c2noc(-c3cccnc3N3CCCC3)n2)cc1. The van der Waals surface area contributed by atoms with Crippen molar-refractivity contribution >= 4 is 5.82 Å². The van der Waals surface area contributed by atoms with E-state index in [0.717, 1.165) is 35.6 Å². The number of pyridine rings is 1. The highest BCUT2D eigenvalue weighted by Crippen LogP contribution is 2.31. The second-order valence-corrected chi connectivity index (χ2v) is 5.89. The van der Waals surface area contributed by atoms with Crippen molar-refractivity contribution in [1.82, 2.24) is 15.1 Å². The highest BCUT2D eigenvalue weighted by molar-refractivity contribution is 5.71. The maximum Gasteiger partial charge on any atom is 0.261 e. The standard InChI is InChI=1S/C18H19N5O/c19-12-13-5-7-14(8-6-13)16-21-18(24-22-16)15-4-3-9-20-17(15)23-10-1-2-11-23/h3-9H,1-2,10-12,19H2. The van der Waals surface area contributed by atoms with Crippen LogP contribution in [-0.2, 0) is 6.54 Å². The summed E-state index contributed by atoms with van der Waals surface area (Å²) in [6.45, 7) is 2.56. The molecular formula is C18H19N5O. The van der Waals surface area contributed by atoms with Crippen LogP contribution in [0.1, 0.15) is 18.4 Å². The Morgan fingerprint density at radius 1 is 1.08 bits per heavy atom. The molecule has 1 fully saturated rings. The summed E-state index contributed by atoms with van der Waals surface area (Å²) >= 11 is 0. The van der Waals surface area contributed by atoms with Gasteiger partial charge >= 0.3 is 0 Å². The van der Waals surface area contributed by atoms with Crippen LogP contribution in [0.4, 0.5) is 5.82 Å². The van der Waals surface area contributed by atoms with Crippen LogP contribution in [0.25, 0.3) is 22.8 Å². The van der Waals surface area contributed by atoms with Gasteiger partial charge in [0.25, 0.3) is 5.89 Å². The molecule has 24 heavy (non-hydrogen) atoms. The fourth-order valence-corrected chi connectivity index (χ4v) is 2.98. The third-order valence-corrected chi connectivity index (χ3v) is 4.30. The Labute approximate surface area is 140 Å². The van der Waals surface area contributed by atoms with Gasteiger partial charge in [-0.25, -0.2) is 4.98 Å². The first-order valence-corrected chi connectivity index (χ1v) is 8.18. The van der Waals surface area contributed by atoms with E-state index in [1.54, 1.807) is 6.20 Å². The molecule has 3 heterocycles. The predicted molar refractivity (Wildman–Crippen MR) is 92.3 cm³/mol. The summed E-state index contributed by atoms with van der Waals surface area (Å²) < 4.78 is 5.51. The lowest BCUT2D eigenvalue weighted by atomic mass is 10.1. The Balaban J connectivity index is 1.67. The molecule has 1 saturated heterocycles. The summed E-state index contributed by atoms with van der Waals surface area (Å²) in [5, 5.41) is 4.12. The lowest BCUT2D eigenvalue weighted by molar-refractivity contribution is 0.432. The highest BCUT2D eigenvalue weighted by atomic mass is 16.5. The zero-order valence-electron chi connectivity index (χ0n) is 13.4. The van der Waals surface area contributed by atoms with E-state index in [-0.39, 0.29) is 0 Å². The van der Waals surface area contributed by atoms with Crippen LogP contribution in [0, 0.1) is 0 Å². The van der Waals surface area contributed by atoms with Crippen molar-refractivity contribution in [3.63, 3.8) is 0 Å². The van der Waals surface area contributed by atoms with E-state index in [9.17, 15) is 0 Å². The molecule has 0 bridgehead atoms. The first-order chi connectivity index (χ1) is 11.8. The lowest BCUT2D eigenvalue weighted by Gasteiger charge is -2.17. The maximum atomic E-state index is 5.63. The average Bonchev–Trinajstić information content (AvgIpc) is 3.34. The minimum absolute atomic E-state index is 0.503. The molecule has 0 unspecified atom stereocenters. The summed E-state index contributed by atoms with van der Waals surface area (Å²) in [7, 11) is 0.